The van der Waals surface area contributed by atoms with E-state index in [1.807, 2.05) is 29.6 Å². The van der Waals surface area contributed by atoms with E-state index in [1.165, 1.54) is 0 Å². The number of rotatable bonds is 2. The predicted molar refractivity (Wildman–Crippen MR) is 60.1 cm³/mol. The van der Waals surface area contributed by atoms with Crippen molar-refractivity contribution >= 4 is 33.7 Å². The van der Waals surface area contributed by atoms with Gasteiger partial charge in [0.25, 0.3) is 0 Å². The van der Waals surface area contributed by atoms with Crippen LogP contribution >= 0.6 is 27.7 Å². The zero-order valence-corrected chi connectivity index (χ0v) is 10.3. The lowest BCUT2D eigenvalue weighted by molar-refractivity contribution is -0.690. The van der Waals surface area contributed by atoms with Gasteiger partial charge in [0.2, 0.25) is 0 Å². The molecule has 0 aromatic heterocycles. The molecule has 80 valence electrons. The van der Waals surface area contributed by atoms with Crippen molar-refractivity contribution in [3.8, 4) is 0 Å². The molecule has 0 saturated carbocycles. The van der Waals surface area contributed by atoms with Crippen molar-refractivity contribution in [3.05, 3.63) is 34.3 Å². The van der Waals surface area contributed by atoms with E-state index in [0.717, 1.165) is 10.0 Å². The number of carboxylic acids is 1. The Morgan fingerprint density at radius 3 is 2.67 bits per heavy atom. The number of halogens is 1. The van der Waals surface area contributed by atoms with Gasteiger partial charge in [-0.05, 0) is 12.1 Å². The number of carboxylic acid groups (broad SMARTS) is 1. The van der Waals surface area contributed by atoms with Crippen molar-refractivity contribution < 1.29 is 15.2 Å². The summed E-state index contributed by atoms with van der Waals surface area (Å²) in [7, 11) is 0. The minimum Gasteiger partial charge on any atom is -0.544 e. The van der Waals surface area contributed by atoms with Gasteiger partial charge < -0.3 is 15.2 Å². The fourth-order valence-corrected chi connectivity index (χ4v) is 3.11. The van der Waals surface area contributed by atoms with Crippen molar-refractivity contribution in [2.45, 2.75) is 11.4 Å². The second-order valence-electron chi connectivity index (χ2n) is 3.42. The van der Waals surface area contributed by atoms with Crippen LogP contribution in [0.25, 0.3) is 0 Å². The van der Waals surface area contributed by atoms with Gasteiger partial charge in [0.05, 0.1) is 5.75 Å². The van der Waals surface area contributed by atoms with E-state index in [2.05, 4.69) is 15.9 Å². The summed E-state index contributed by atoms with van der Waals surface area (Å²) in [4.78, 5) is 10.7. The Hall–Kier alpha value is -0.520. The number of hydrogen-bond donors (Lipinski definition) is 1. The molecule has 0 amide bonds. The molecule has 5 heteroatoms. The smallest absolute Gasteiger partial charge is 0.159 e. The lowest BCUT2D eigenvalue weighted by atomic mass is 10.2. The normalized spacial score (nSPS) is 25.4. The second-order valence-corrected chi connectivity index (χ2v) is 5.51. The average Bonchev–Trinajstić information content (AvgIpc) is 2.68. The molecule has 2 rings (SSSR count). The minimum absolute atomic E-state index is 0.181. The standard InChI is InChI=1S/C10H10BrNO2S/c11-7-3-1-6(2-4-7)9-12-8(5-15-9)10(13)14/h1-4,8-9,12H,5H2,(H,13,14)/t8-,9-/m0/s1. The summed E-state index contributed by atoms with van der Waals surface area (Å²) < 4.78 is 1.03. The zero-order chi connectivity index (χ0) is 10.8. The highest BCUT2D eigenvalue weighted by molar-refractivity contribution is 9.10. The maximum absolute atomic E-state index is 10.7. The van der Waals surface area contributed by atoms with Gasteiger partial charge in [0.15, 0.2) is 5.37 Å². The molecule has 3 nitrogen and oxygen atoms in total. The number of hydrogen-bond acceptors (Lipinski definition) is 3. The molecule has 2 N–H and O–H groups in total. The highest BCUT2D eigenvalue weighted by Crippen LogP contribution is 2.27. The Kier molecular flexibility index (Phi) is 3.33. The SMILES string of the molecule is O=C([O-])[C@@H]1CS[C@@H](c2ccc(Br)cc2)[NH2+]1. The fourth-order valence-electron chi connectivity index (χ4n) is 1.54. The quantitative estimate of drug-likeness (QED) is 0.825. The summed E-state index contributed by atoms with van der Waals surface area (Å²) in [6, 6.07) is 7.54. The van der Waals surface area contributed by atoms with Crippen LogP contribution in [-0.2, 0) is 4.79 Å². The molecule has 0 spiro atoms. The molecule has 15 heavy (non-hydrogen) atoms. The molecular formula is C10H10BrNO2S. The number of quaternary nitrogens is 1. The van der Waals surface area contributed by atoms with Crippen LogP contribution in [0.3, 0.4) is 0 Å². The Morgan fingerprint density at radius 2 is 2.13 bits per heavy atom. The maximum Gasteiger partial charge on any atom is 0.159 e. The van der Waals surface area contributed by atoms with Gasteiger partial charge in [-0.1, -0.05) is 39.8 Å². The maximum atomic E-state index is 10.7. The van der Waals surface area contributed by atoms with E-state index in [0.29, 0.717) is 5.75 Å². The minimum atomic E-state index is -0.970. The lowest BCUT2D eigenvalue weighted by Gasteiger charge is -2.10. The topological polar surface area (TPSA) is 56.7 Å². The Labute approximate surface area is 100 Å². The second kappa shape index (κ2) is 4.55. The van der Waals surface area contributed by atoms with E-state index in [4.69, 9.17) is 0 Å². The number of aliphatic carboxylic acids is 1. The van der Waals surface area contributed by atoms with E-state index >= 15 is 0 Å². The van der Waals surface area contributed by atoms with Crippen molar-refractivity contribution in [2.75, 3.05) is 5.75 Å². The number of carbonyl (C=O) groups excluding carboxylic acids is 1. The first-order chi connectivity index (χ1) is 7.16. The van der Waals surface area contributed by atoms with Crippen LogP contribution in [-0.4, -0.2) is 17.8 Å². The molecule has 1 aliphatic heterocycles. The lowest BCUT2D eigenvalue weighted by Crippen LogP contribution is -2.90. The van der Waals surface area contributed by atoms with Crippen LogP contribution in [0.2, 0.25) is 0 Å². The molecule has 1 aromatic rings. The zero-order valence-electron chi connectivity index (χ0n) is 7.85. The van der Waals surface area contributed by atoms with Crippen LogP contribution in [0.4, 0.5) is 0 Å². The molecule has 1 aromatic carbocycles. The van der Waals surface area contributed by atoms with Crippen molar-refractivity contribution in [2.24, 2.45) is 0 Å². The molecule has 2 atom stereocenters. The Bertz CT molecular complexity index is 368. The van der Waals surface area contributed by atoms with Gasteiger partial charge in [-0.25, -0.2) is 0 Å². The van der Waals surface area contributed by atoms with E-state index in [1.54, 1.807) is 11.8 Å². The summed E-state index contributed by atoms with van der Waals surface area (Å²) >= 11 is 5.01. The largest absolute Gasteiger partial charge is 0.544 e. The predicted octanol–water partition coefficient (Wildman–Crippen LogP) is -0.124. The summed E-state index contributed by atoms with van der Waals surface area (Å²) in [6.45, 7) is 0. The first-order valence-electron chi connectivity index (χ1n) is 4.60. The Morgan fingerprint density at radius 1 is 1.47 bits per heavy atom. The Balaban J connectivity index is 2.07. The van der Waals surface area contributed by atoms with Crippen LogP contribution < -0.4 is 10.4 Å². The fraction of sp³-hybridized carbons (Fsp3) is 0.300. The van der Waals surface area contributed by atoms with Gasteiger partial charge in [-0.15, -0.1) is 0 Å². The highest BCUT2D eigenvalue weighted by atomic mass is 79.9. The number of carbonyl (C=O) groups is 1. The summed E-state index contributed by atoms with van der Waals surface area (Å²) in [5.74, 6) is -0.356. The van der Waals surface area contributed by atoms with E-state index in [-0.39, 0.29) is 5.37 Å². The third-order valence-corrected chi connectivity index (χ3v) is 4.23. The van der Waals surface area contributed by atoms with Gasteiger partial charge in [0, 0.05) is 10.0 Å². The number of nitrogens with two attached hydrogens (primary N) is 1. The first-order valence-corrected chi connectivity index (χ1v) is 6.44. The van der Waals surface area contributed by atoms with Crippen LogP contribution in [0, 0.1) is 0 Å². The number of benzene rings is 1. The van der Waals surface area contributed by atoms with Gasteiger partial charge in [-0.2, -0.15) is 0 Å². The van der Waals surface area contributed by atoms with E-state index < -0.39 is 12.0 Å². The van der Waals surface area contributed by atoms with Gasteiger partial charge in [-0.3, -0.25) is 0 Å². The molecule has 0 aliphatic carbocycles. The molecule has 0 radical (unpaired) electrons. The molecular weight excluding hydrogens is 278 g/mol. The highest BCUT2D eigenvalue weighted by Gasteiger charge is 2.30. The molecule has 1 saturated heterocycles. The van der Waals surface area contributed by atoms with Crippen LogP contribution in [0.5, 0.6) is 0 Å². The van der Waals surface area contributed by atoms with Gasteiger partial charge >= 0.3 is 0 Å². The third kappa shape index (κ3) is 2.53. The average molecular weight is 288 g/mol. The summed E-state index contributed by atoms with van der Waals surface area (Å²) in [6.07, 6.45) is 0. The number of thioether (sulfide) groups is 1. The van der Waals surface area contributed by atoms with Crippen LogP contribution in [0.1, 0.15) is 10.9 Å². The molecule has 1 aliphatic rings. The molecule has 1 heterocycles. The molecule has 1 fully saturated rings. The summed E-state index contributed by atoms with van der Waals surface area (Å²) in [5, 5.41) is 12.7. The third-order valence-electron chi connectivity index (χ3n) is 2.36. The monoisotopic (exact) mass is 287 g/mol. The van der Waals surface area contributed by atoms with Crippen molar-refractivity contribution in [1.82, 2.24) is 0 Å². The van der Waals surface area contributed by atoms with E-state index in [9.17, 15) is 9.90 Å². The van der Waals surface area contributed by atoms with Crippen LogP contribution in [0.15, 0.2) is 28.7 Å². The van der Waals surface area contributed by atoms with Crippen molar-refractivity contribution in [1.29, 1.82) is 0 Å². The first kappa shape index (κ1) is 11.0. The van der Waals surface area contributed by atoms with Gasteiger partial charge in [0.1, 0.15) is 12.0 Å². The molecule has 0 bridgehead atoms. The molecule has 0 unspecified atom stereocenters. The summed E-state index contributed by atoms with van der Waals surface area (Å²) in [5.41, 5.74) is 1.15. The van der Waals surface area contributed by atoms with Crippen molar-refractivity contribution in [3.63, 3.8) is 0 Å².